The Morgan fingerprint density at radius 3 is 2.14 bits per heavy atom. The van der Waals surface area contributed by atoms with Crippen LogP contribution in [0.2, 0.25) is 0 Å². The number of carbonyl (C=O) groups is 1. The first-order valence-electron chi connectivity index (χ1n) is 11.7. The molecule has 0 aliphatic rings. The van der Waals surface area contributed by atoms with Crippen LogP contribution in [0.4, 0.5) is 5.69 Å². The highest BCUT2D eigenvalue weighted by Crippen LogP contribution is 2.25. The number of ether oxygens (including phenoxy) is 1. The SMILES string of the molecule is CN(Cc1ccccc1)S(=O)(=O)c1ccc(NC(=O)c2cc(Br)ccc2OCCc2ccccc2)cc1. The fraction of sp³-hybridized carbons (Fsp3) is 0.138. The molecule has 0 unspecified atom stereocenters. The van der Waals surface area contributed by atoms with Gasteiger partial charge in [-0.2, -0.15) is 4.31 Å². The minimum Gasteiger partial charge on any atom is -0.492 e. The van der Waals surface area contributed by atoms with Crippen molar-refractivity contribution in [1.82, 2.24) is 4.31 Å². The lowest BCUT2D eigenvalue weighted by Crippen LogP contribution is -2.26. The van der Waals surface area contributed by atoms with Gasteiger partial charge in [0, 0.05) is 30.2 Å². The van der Waals surface area contributed by atoms with Crippen molar-refractivity contribution in [2.24, 2.45) is 0 Å². The Kier molecular flexibility index (Phi) is 8.76. The van der Waals surface area contributed by atoms with E-state index < -0.39 is 10.0 Å². The van der Waals surface area contributed by atoms with Gasteiger partial charge in [-0.05, 0) is 53.6 Å². The Morgan fingerprint density at radius 1 is 0.865 bits per heavy atom. The van der Waals surface area contributed by atoms with Crippen LogP contribution < -0.4 is 10.1 Å². The molecule has 1 N–H and O–H groups in total. The molecular weight excluding hydrogens is 552 g/mol. The number of nitrogens with one attached hydrogen (secondary N) is 1. The lowest BCUT2D eigenvalue weighted by Gasteiger charge is -2.17. The summed E-state index contributed by atoms with van der Waals surface area (Å²) in [6, 6.07) is 30.8. The van der Waals surface area contributed by atoms with Crippen molar-refractivity contribution >= 4 is 37.5 Å². The fourth-order valence-electron chi connectivity index (χ4n) is 3.74. The minimum atomic E-state index is -3.69. The molecule has 37 heavy (non-hydrogen) atoms. The summed E-state index contributed by atoms with van der Waals surface area (Å²) in [5.74, 6) is 0.117. The van der Waals surface area contributed by atoms with Crippen molar-refractivity contribution in [2.75, 3.05) is 19.0 Å². The van der Waals surface area contributed by atoms with E-state index in [2.05, 4.69) is 21.2 Å². The lowest BCUT2D eigenvalue weighted by molar-refractivity contribution is 0.102. The van der Waals surface area contributed by atoms with Gasteiger partial charge in [-0.15, -0.1) is 0 Å². The molecule has 4 aromatic rings. The molecule has 0 radical (unpaired) electrons. The van der Waals surface area contributed by atoms with Crippen LogP contribution >= 0.6 is 15.9 Å². The molecule has 0 heterocycles. The van der Waals surface area contributed by atoms with Crippen molar-refractivity contribution < 1.29 is 17.9 Å². The summed E-state index contributed by atoms with van der Waals surface area (Å²) in [6.45, 7) is 0.687. The quantitative estimate of drug-likeness (QED) is 0.245. The summed E-state index contributed by atoms with van der Waals surface area (Å²) < 4.78 is 34.0. The molecule has 0 saturated carbocycles. The van der Waals surface area contributed by atoms with Gasteiger partial charge < -0.3 is 10.1 Å². The monoisotopic (exact) mass is 578 g/mol. The van der Waals surface area contributed by atoms with E-state index in [1.807, 2.05) is 66.7 Å². The molecule has 4 rings (SSSR count). The lowest BCUT2D eigenvalue weighted by atomic mass is 10.1. The third-order valence-corrected chi connectivity index (χ3v) is 8.06. The molecule has 6 nitrogen and oxygen atoms in total. The third kappa shape index (κ3) is 7.07. The highest BCUT2D eigenvalue weighted by atomic mass is 79.9. The van der Waals surface area contributed by atoms with Crippen LogP contribution in [-0.4, -0.2) is 32.3 Å². The van der Waals surface area contributed by atoms with Gasteiger partial charge >= 0.3 is 0 Å². The minimum absolute atomic E-state index is 0.149. The highest BCUT2D eigenvalue weighted by molar-refractivity contribution is 9.10. The van der Waals surface area contributed by atoms with Crippen LogP contribution in [0, 0.1) is 0 Å². The smallest absolute Gasteiger partial charge is 0.259 e. The van der Waals surface area contributed by atoms with E-state index in [9.17, 15) is 13.2 Å². The summed E-state index contributed by atoms with van der Waals surface area (Å²) in [5.41, 5.74) is 2.90. The van der Waals surface area contributed by atoms with Crippen LogP contribution in [-0.2, 0) is 23.0 Å². The zero-order valence-corrected chi connectivity index (χ0v) is 22.7. The van der Waals surface area contributed by atoms with Gasteiger partial charge in [-0.1, -0.05) is 76.6 Å². The van der Waals surface area contributed by atoms with Crippen LogP contribution in [0.15, 0.2) is 112 Å². The summed E-state index contributed by atoms with van der Waals surface area (Å²) in [7, 11) is -2.14. The molecule has 0 aliphatic heterocycles. The van der Waals surface area contributed by atoms with Crippen molar-refractivity contribution in [3.05, 3.63) is 124 Å². The fourth-order valence-corrected chi connectivity index (χ4v) is 5.26. The molecule has 0 aliphatic carbocycles. The Morgan fingerprint density at radius 2 is 1.49 bits per heavy atom. The predicted molar refractivity (Wildman–Crippen MR) is 149 cm³/mol. The highest BCUT2D eigenvalue weighted by Gasteiger charge is 2.21. The topological polar surface area (TPSA) is 75.7 Å². The van der Waals surface area contributed by atoms with E-state index in [0.717, 1.165) is 15.6 Å². The van der Waals surface area contributed by atoms with Crippen LogP contribution in [0.5, 0.6) is 5.75 Å². The summed E-state index contributed by atoms with van der Waals surface area (Å²) in [6.07, 6.45) is 0.715. The Balaban J connectivity index is 1.42. The van der Waals surface area contributed by atoms with Gasteiger partial charge in [0.25, 0.3) is 5.91 Å². The molecule has 0 atom stereocenters. The molecule has 0 bridgehead atoms. The van der Waals surface area contributed by atoms with Gasteiger partial charge in [-0.25, -0.2) is 8.42 Å². The normalized spacial score (nSPS) is 11.3. The first-order valence-corrected chi connectivity index (χ1v) is 13.9. The first kappa shape index (κ1) is 26.6. The average Bonchev–Trinajstić information content (AvgIpc) is 2.91. The van der Waals surface area contributed by atoms with Crippen LogP contribution in [0.3, 0.4) is 0 Å². The number of benzene rings is 4. The van der Waals surface area contributed by atoms with E-state index in [-0.39, 0.29) is 17.3 Å². The average molecular weight is 580 g/mol. The van der Waals surface area contributed by atoms with Crippen molar-refractivity contribution in [3.63, 3.8) is 0 Å². The zero-order valence-electron chi connectivity index (χ0n) is 20.3. The number of halogens is 1. The number of amides is 1. The summed E-state index contributed by atoms with van der Waals surface area (Å²) >= 11 is 3.42. The van der Waals surface area contributed by atoms with Crippen molar-refractivity contribution in [3.8, 4) is 5.75 Å². The number of carbonyl (C=O) groups excluding carboxylic acids is 1. The molecule has 1 amide bonds. The van der Waals surface area contributed by atoms with Gasteiger partial charge in [-0.3, -0.25) is 4.79 Å². The number of rotatable bonds is 10. The van der Waals surface area contributed by atoms with Crippen molar-refractivity contribution in [2.45, 2.75) is 17.9 Å². The number of hydrogen-bond acceptors (Lipinski definition) is 4. The Bertz CT molecular complexity index is 1440. The maximum Gasteiger partial charge on any atom is 0.259 e. The summed E-state index contributed by atoms with van der Waals surface area (Å²) in [5, 5.41) is 2.83. The third-order valence-electron chi connectivity index (χ3n) is 5.75. The second kappa shape index (κ2) is 12.2. The Hall–Kier alpha value is -3.46. The van der Waals surface area contributed by atoms with E-state index in [4.69, 9.17) is 4.74 Å². The predicted octanol–water partition coefficient (Wildman–Crippen LogP) is 6.14. The van der Waals surface area contributed by atoms with Gasteiger partial charge in [0.1, 0.15) is 5.75 Å². The largest absolute Gasteiger partial charge is 0.492 e. The molecule has 8 heteroatoms. The van der Waals surface area contributed by atoms with Crippen LogP contribution in [0.25, 0.3) is 0 Å². The number of nitrogens with zero attached hydrogens (tertiary/aromatic N) is 1. The van der Waals surface area contributed by atoms with Gasteiger partial charge in [0.2, 0.25) is 10.0 Å². The number of hydrogen-bond donors (Lipinski definition) is 1. The van der Waals surface area contributed by atoms with E-state index >= 15 is 0 Å². The molecular formula is C29H27BrN2O4S. The van der Waals surface area contributed by atoms with E-state index in [1.54, 1.807) is 31.3 Å². The summed E-state index contributed by atoms with van der Waals surface area (Å²) in [4.78, 5) is 13.2. The second-order valence-corrected chi connectivity index (χ2v) is 11.4. The standard InChI is InChI=1S/C29H27BrN2O4S/c1-32(21-23-10-6-3-7-11-23)37(34,35)26-15-13-25(14-16-26)31-29(33)27-20-24(30)12-17-28(27)36-19-18-22-8-4-2-5-9-22/h2-17,20H,18-19,21H2,1H3,(H,31,33). The maximum absolute atomic E-state index is 13.1. The second-order valence-electron chi connectivity index (χ2n) is 8.45. The Labute approximate surface area is 226 Å². The van der Waals surface area contributed by atoms with E-state index in [0.29, 0.717) is 30.0 Å². The molecule has 0 saturated heterocycles. The van der Waals surface area contributed by atoms with E-state index in [1.165, 1.54) is 16.4 Å². The molecule has 4 aromatic carbocycles. The molecule has 190 valence electrons. The molecule has 0 fully saturated rings. The molecule has 0 aromatic heterocycles. The number of sulfonamides is 1. The first-order chi connectivity index (χ1) is 17.8. The zero-order chi connectivity index (χ0) is 26.3. The molecule has 0 spiro atoms. The van der Waals surface area contributed by atoms with Gasteiger partial charge in [0.15, 0.2) is 0 Å². The van der Waals surface area contributed by atoms with Crippen molar-refractivity contribution in [1.29, 1.82) is 0 Å². The number of anilines is 1. The van der Waals surface area contributed by atoms with Gasteiger partial charge in [0.05, 0.1) is 17.1 Å². The van der Waals surface area contributed by atoms with Crippen LogP contribution in [0.1, 0.15) is 21.5 Å². The maximum atomic E-state index is 13.1.